The van der Waals surface area contributed by atoms with Crippen molar-refractivity contribution in [3.05, 3.63) is 35.9 Å². The van der Waals surface area contributed by atoms with Crippen molar-refractivity contribution in [3.63, 3.8) is 0 Å². The number of likely N-dealkylation sites (tertiary alicyclic amines) is 1. The molecule has 0 aliphatic carbocycles. The lowest BCUT2D eigenvalue weighted by atomic mass is 9.55. The van der Waals surface area contributed by atoms with E-state index in [2.05, 4.69) is 0 Å². The normalized spacial score (nSPS) is 24.2. The van der Waals surface area contributed by atoms with E-state index in [-0.39, 0.29) is 24.8 Å². The minimum Gasteiger partial charge on any atom is -0.480 e. The molecule has 0 aromatic heterocycles. The summed E-state index contributed by atoms with van der Waals surface area (Å²) in [5.41, 5.74) is 0.837. The van der Waals surface area contributed by atoms with Crippen molar-refractivity contribution in [1.29, 1.82) is 0 Å². The average Bonchev–Trinajstić information content (AvgIpc) is 2.97. The molecule has 0 radical (unpaired) electrons. The molecule has 0 unspecified atom stereocenters. The van der Waals surface area contributed by atoms with Gasteiger partial charge in [-0.05, 0) is 10.8 Å². The van der Waals surface area contributed by atoms with Crippen LogP contribution in [-0.2, 0) is 25.6 Å². The first-order valence-corrected chi connectivity index (χ1v) is 8.28. The average molecular weight is 345 g/mol. The number of rotatable bonds is 3. The largest absolute Gasteiger partial charge is 0.480 e. The lowest BCUT2D eigenvalue weighted by Gasteiger charge is -2.41. The summed E-state index contributed by atoms with van der Waals surface area (Å²) < 4.78 is 16.9. The molecule has 132 valence electrons. The topological polar surface area (TPSA) is 85.3 Å². The van der Waals surface area contributed by atoms with Gasteiger partial charge in [-0.2, -0.15) is 0 Å². The number of carbonyl (C=O) groups is 2. The lowest BCUT2D eigenvalue weighted by Crippen LogP contribution is -2.49. The molecule has 2 heterocycles. The van der Waals surface area contributed by atoms with E-state index in [0.29, 0.717) is 13.2 Å². The fraction of sp³-hybridized carbons (Fsp3) is 0.500. The molecule has 0 saturated carbocycles. The molecule has 0 bridgehead atoms. The van der Waals surface area contributed by atoms with E-state index >= 15 is 0 Å². The molecule has 1 amide bonds. The highest BCUT2D eigenvalue weighted by molar-refractivity contribution is 6.40. The molecular formula is C16H21B2NO6. The van der Waals surface area contributed by atoms with Crippen molar-refractivity contribution >= 4 is 27.8 Å². The maximum atomic E-state index is 12.4. The molecule has 1 N–H and O–H groups in total. The molecule has 2 saturated heterocycles. The third-order valence-corrected chi connectivity index (χ3v) is 4.47. The Hall–Kier alpha value is -1.99. The van der Waals surface area contributed by atoms with Crippen molar-refractivity contribution < 1.29 is 28.9 Å². The Morgan fingerprint density at radius 3 is 2.48 bits per heavy atom. The van der Waals surface area contributed by atoms with E-state index in [9.17, 15) is 14.7 Å². The van der Waals surface area contributed by atoms with E-state index in [1.54, 1.807) is 0 Å². The summed E-state index contributed by atoms with van der Waals surface area (Å²) >= 11 is 0. The van der Waals surface area contributed by atoms with E-state index in [1.807, 2.05) is 46.0 Å². The van der Waals surface area contributed by atoms with Crippen molar-refractivity contribution in [2.45, 2.75) is 30.1 Å². The summed E-state index contributed by atoms with van der Waals surface area (Å²) in [7, 11) is 4.02. The van der Waals surface area contributed by atoms with Crippen LogP contribution in [0.1, 0.15) is 12.0 Å². The van der Waals surface area contributed by atoms with Crippen LogP contribution in [0.3, 0.4) is 0 Å². The molecule has 9 heteroatoms. The molecular weight excluding hydrogens is 324 g/mol. The monoisotopic (exact) mass is 345 g/mol. The van der Waals surface area contributed by atoms with Crippen LogP contribution in [0.25, 0.3) is 0 Å². The molecule has 1 aromatic carbocycles. The highest BCUT2D eigenvalue weighted by Gasteiger charge is 2.54. The number of benzene rings is 1. The van der Waals surface area contributed by atoms with E-state index in [0.717, 1.165) is 5.56 Å². The number of carboxylic acid groups (broad SMARTS) is 1. The van der Waals surface area contributed by atoms with Gasteiger partial charge in [-0.1, -0.05) is 30.3 Å². The van der Waals surface area contributed by atoms with Crippen molar-refractivity contribution in [2.75, 3.05) is 19.8 Å². The number of hydrogen-bond donors (Lipinski definition) is 1. The second-order valence-electron chi connectivity index (χ2n) is 7.38. The third kappa shape index (κ3) is 3.99. The van der Waals surface area contributed by atoms with Crippen molar-refractivity contribution in [1.82, 2.24) is 4.90 Å². The molecule has 7 nitrogen and oxygen atoms in total. The number of amides is 1. The maximum absolute atomic E-state index is 12.4. The fourth-order valence-electron chi connectivity index (χ4n) is 3.00. The van der Waals surface area contributed by atoms with Gasteiger partial charge in [0.05, 0.1) is 6.54 Å². The summed E-state index contributed by atoms with van der Waals surface area (Å²) in [5, 5.41) is 9.34. The summed E-state index contributed by atoms with van der Waals surface area (Å²) in [6.07, 6.45) is -0.580. The molecule has 3 rings (SSSR count). The second kappa shape index (κ2) is 6.72. The van der Waals surface area contributed by atoms with Crippen molar-refractivity contribution in [2.24, 2.45) is 0 Å². The van der Waals surface area contributed by atoms with Crippen LogP contribution in [0.5, 0.6) is 0 Å². The van der Waals surface area contributed by atoms with Gasteiger partial charge in [0.2, 0.25) is 0 Å². The van der Waals surface area contributed by atoms with Crippen LogP contribution in [-0.4, -0.2) is 69.3 Å². The SMILES string of the molecule is BC1(B)COC2(C[C@@H](C(=O)O)N(C(=O)OCc3ccccc3)C2)OC1. The van der Waals surface area contributed by atoms with Crippen LogP contribution in [0.4, 0.5) is 4.79 Å². The highest BCUT2D eigenvalue weighted by atomic mass is 16.7. The predicted molar refractivity (Wildman–Crippen MR) is 93.8 cm³/mol. The fourth-order valence-corrected chi connectivity index (χ4v) is 3.00. The number of carbonyl (C=O) groups excluding carboxylic acids is 1. The summed E-state index contributed by atoms with van der Waals surface area (Å²) in [5.74, 6) is -2.16. The van der Waals surface area contributed by atoms with E-state index < -0.39 is 23.9 Å². The molecule has 2 aliphatic heterocycles. The zero-order valence-corrected chi connectivity index (χ0v) is 14.4. The van der Waals surface area contributed by atoms with Gasteiger partial charge in [-0.25, -0.2) is 9.59 Å². The Balaban J connectivity index is 1.66. The number of nitrogens with zero attached hydrogens (tertiary/aromatic N) is 1. The van der Waals surface area contributed by atoms with Crippen LogP contribution >= 0.6 is 0 Å². The van der Waals surface area contributed by atoms with Gasteiger partial charge < -0.3 is 19.3 Å². The molecule has 1 aromatic rings. The molecule has 2 fully saturated rings. The van der Waals surface area contributed by atoms with Gasteiger partial charge in [-0.15, -0.1) is 0 Å². The zero-order valence-electron chi connectivity index (χ0n) is 14.4. The number of aliphatic carboxylic acids is 1. The van der Waals surface area contributed by atoms with Crippen LogP contribution in [0, 0.1) is 0 Å². The lowest BCUT2D eigenvalue weighted by molar-refractivity contribution is -0.261. The first-order valence-electron chi connectivity index (χ1n) is 8.28. The Morgan fingerprint density at radius 2 is 1.88 bits per heavy atom. The Bertz CT molecular complexity index is 643. The zero-order chi connectivity index (χ0) is 18.1. The summed E-state index contributed by atoms with van der Waals surface area (Å²) in [6, 6.07) is 8.21. The van der Waals surface area contributed by atoms with Crippen LogP contribution in [0.2, 0.25) is 5.21 Å². The van der Waals surface area contributed by atoms with Crippen LogP contribution in [0.15, 0.2) is 30.3 Å². The Morgan fingerprint density at radius 1 is 1.24 bits per heavy atom. The quantitative estimate of drug-likeness (QED) is 0.751. The van der Waals surface area contributed by atoms with Gasteiger partial charge in [-0.3, -0.25) is 4.90 Å². The molecule has 1 spiro atoms. The van der Waals surface area contributed by atoms with Crippen molar-refractivity contribution in [3.8, 4) is 0 Å². The number of carboxylic acids is 1. The summed E-state index contributed by atoms with van der Waals surface area (Å²) in [6.45, 7) is 1.04. The van der Waals surface area contributed by atoms with Gasteiger partial charge in [0, 0.05) is 19.6 Å². The highest BCUT2D eigenvalue weighted by Crippen LogP contribution is 2.39. The molecule has 2 aliphatic rings. The molecule has 25 heavy (non-hydrogen) atoms. The van der Waals surface area contributed by atoms with Gasteiger partial charge in [0.1, 0.15) is 28.3 Å². The maximum Gasteiger partial charge on any atom is 0.411 e. The first kappa shape index (κ1) is 17.8. The number of hydrogen-bond acceptors (Lipinski definition) is 5. The predicted octanol–water partition coefficient (Wildman–Crippen LogP) is -0.392. The Labute approximate surface area is 148 Å². The van der Waals surface area contributed by atoms with Gasteiger partial charge in [0.15, 0.2) is 5.79 Å². The van der Waals surface area contributed by atoms with Gasteiger partial charge in [0.25, 0.3) is 0 Å². The van der Waals surface area contributed by atoms with E-state index in [1.165, 1.54) is 4.90 Å². The smallest absolute Gasteiger partial charge is 0.411 e. The minimum atomic E-state index is -1.09. The standard InChI is InChI=1S/C16H21B2NO6/c17-15(18)9-24-16(25-10-15)6-12(13(20)21)19(8-16)14(22)23-7-11-4-2-1-3-5-11/h1-5,12H,6-10,17-18H2,(H,20,21)/t12-/m0/s1. The van der Waals surface area contributed by atoms with E-state index in [4.69, 9.17) is 14.2 Å². The van der Waals surface area contributed by atoms with Gasteiger partial charge >= 0.3 is 12.1 Å². The number of ether oxygens (including phenoxy) is 3. The Kier molecular flexibility index (Phi) is 4.79. The second-order valence-corrected chi connectivity index (χ2v) is 7.38. The third-order valence-electron chi connectivity index (χ3n) is 4.47. The van der Waals surface area contributed by atoms with Crippen LogP contribution < -0.4 is 0 Å². The summed E-state index contributed by atoms with van der Waals surface area (Å²) in [4.78, 5) is 25.2. The minimum absolute atomic E-state index is 0.0493. The molecule has 1 atom stereocenters. The first-order chi connectivity index (χ1) is 11.8.